The summed E-state index contributed by atoms with van der Waals surface area (Å²) in [6.45, 7) is 3.48. The Morgan fingerprint density at radius 3 is 2.48 bits per heavy atom. The largest absolute Gasteiger partial charge is 0.452 e. The van der Waals surface area contributed by atoms with Crippen LogP contribution in [0, 0.1) is 5.82 Å². The van der Waals surface area contributed by atoms with Crippen LogP contribution in [-0.2, 0) is 16.0 Å². The van der Waals surface area contributed by atoms with E-state index < -0.39 is 24.3 Å². The second-order valence-corrected chi connectivity index (χ2v) is 5.99. The lowest BCUT2D eigenvalue weighted by atomic mass is 10.1. The summed E-state index contributed by atoms with van der Waals surface area (Å²) in [5.41, 5.74) is 2.19. The van der Waals surface area contributed by atoms with Gasteiger partial charge >= 0.3 is 5.97 Å². The Morgan fingerprint density at radius 2 is 1.88 bits per heavy atom. The standard InChI is InChI=1S/C19H19ClFNO3/c1-3-13-4-6-14(7-5-13)12(2)22-18(23)11-25-19(24)16-9-8-15(21)10-17(16)20/h4-10,12H,3,11H2,1-2H3,(H,22,23)/t12-/m0/s1. The molecule has 2 aromatic rings. The molecule has 0 spiro atoms. The van der Waals surface area contributed by atoms with Crippen LogP contribution in [0.5, 0.6) is 0 Å². The molecule has 0 saturated heterocycles. The van der Waals surface area contributed by atoms with Crippen molar-refractivity contribution in [1.29, 1.82) is 0 Å². The molecule has 1 atom stereocenters. The van der Waals surface area contributed by atoms with Crippen LogP contribution in [-0.4, -0.2) is 18.5 Å². The number of benzene rings is 2. The van der Waals surface area contributed by atoms with E-state index in [0.717, 1.165) is 24.1 Å². The van der Waals surface area contributed by atoms with E-state index in [0.29, 0.717) is 0 Å². The molecule has 132 valence electrons. The van der Waals surface area contributed by atoms with Gasteiger partial charge in [0.2, 0.25) is 0 Å². The summed E-state index contributed by atoms with van der Waals surface area (Å²) in [6, 6.07) is 11.0. The fourth-order valence-corrected chi connectivity index (χ4v) is 2.52. The SMILES string of the molecule is CCc1ccc([C@H](C)NC(=O)COC(=O)c2ccc(F)cc2Cl)cc1. The van der Waals surface area contributed by atoms with Crippen LogP contribution in [0.1, 0.15) is 41.4 Å². The van der Waals surface area contributed by atoms with Gasteiger partial charge in [0.1, 0.15) is 5.82 Å². The minimum atomic E-state index is -0.778. The van der Waals surface area contributed by atoms with E-state index in [1.807, 2.05) is 31.2 Å². The molecule has 4 nitrogen and oxygen atoms in total. The number of carbonyl (C=O) groups is 2. The van der Waals surface area contributed by atoms with Gasteiger partial charge in [0.25, 0.3) is 5.91 Å². The molecule has 0 aromatic heterocycles. The van der Waals surface area contributed by atoms with Gasteiger partial charge in [-0.15, -0.1) is 0 Å². The number of esters is 1. The van der Waals surface area contributed by atoms with Gasteiger partial charge in [-0.2, -0.15) is 0 Å². The number of aryl methyl sites for hydroxylation is 1. The highest BCUT2D eigenvalue weighted by Gasteiger charge is 2.15. The van der Waals surface area contributed by atoms with E-state index in [4.69, 9.17) is 16.3 Å². The zero-order valence-corrected chi connectivity index (χ0v) is 14.8. The van der Waals surface area contributed by atoms with Crippen molar-refractivity contribution in [2.24, 2.45) is 0 Å². The lowest BCUT2D eigenvalue weighted by Gasteiger charge is -2.15. The Hall–Kier alpha value is -2.40. The summed E-state index contributed by atoms with van der Waals surface area (Å²) >= 11 is 5.79. The monoisotopic (exact) mass is 363 g/mol. The van der Waals surface area contributed by atoms with Crippen molar-refractivity contribution in [3.8, 4) is 0 Å². The van der Waals surface area contributed by atoms with Crippen molar-refractivity contribution in [1.82, 2.24) is 5.32 Å². The second kappa shape index (κ2) is 8.62. The highest BCUT2D eigenvalue weighted by molar-refractivity contribution is 6.33. The number of carbonyl (C=O) groups excluding carboxylic acids is 2. The van der Waals surface area contributed by atoms with Crippen LogP contribution in [0.4, 0.5) is 4.39 Å². The smallest absolute Gasteiger partial charge is 0.340 e. The van der Waals surface area contributed by atoms with Crippen LogP contribution in [0.15, 0.2) is 42.5 Å². The van der Waals surface area contributed by atoms with Gasteiger partial charge in [-0.3, -0.25) is 4.79 Å². The van der Waals surface area contributed by atoms with Gasteiger partial charge in [0, 0.05) is 0 Å². The minimum absolute atomic E-state index is 0.0130. The molecule has 2 rings (SSSR count). The number of amides is 1. The number of rotatable bonds is 6. The first kappa shape index (κ1) is 18.9. The lowest BCUT2D eigenvalue weighted by Crippen LogP contribution is -2.31. The van der Waals surface area contributed by atoms with E-state index in [2.05, 4.69) is 12.2 Å². The van der Waals surface area contributed by atoms with E-state index in [9.17, 15) is 14.0 Å². The molecule has 0 aliphatic heterocycles. The number of hydrogen-bond donors (Lipinski definition) is 1. The van der Waals surface area contributed by atoms with Gasteiger partial charge < -0.3 is 10.1 Å². The zero-order valence-electron chi connectivity index (χ0n) is 14.0. The molecule has 6 heteroatoms. The van der Waals surface area contributed by atoms with Crippen molar-refractivity contribution in [3.05, 3.63) is 70.0 Å². The molecule has 0 unspecified atom stereocenters. The van der Waals surface area contributed by atoms with Crippen molar-refractivity contribution in [2.45, 2.75) is 26.3 Å². The quantitative estimate of drug-likeness (QED) is 0.787. The van der Waals surface area contributed by atoms with Gasteiger partial charge in [-0.25, -0.2) is 9.18 Å². The number of hydrogen-bond acceptors (Lipinski definition) is 3. The van der Waals surface area contributed by atoms with E-state index in [1.54, 1.807) is 0 Å². The van der Waals surface area contributed by atoms with Crippen molar-refractivity contribution >= 4 is 23.5 Å². The molecule has 1 N–H and O–H groups in total. The molecule has 0 saturated carbocycles. The Bertz CT molecular complexity index is 762. The molecule has 0 fully saturated rings. The summed E-state index contributed by atoms with van der Waals surface area (Å²) in [5, 5.41) is 2.69. The molecule has 25 heavy (non-hydrogen) atoms. The Labute approximate surface area is 150 Å². The highest BCUT2D eigenvalue weighted by Crippen LogP contribution is 2.18. The van der Waals surface area contributed by atoms with Gasteiger partial charge in [-0.05, 0) is 42.7 Å². The third-order valence-electron chi connectivity index (χ3n) is 3.75. The fraction of sp³-hybridized carbons (Fsp3) is 0.263. The van der Waals surface area contributed by atoms with Gasteiger partial charge in [0.05, 0.1) is 16.6 Å². The van der Waals surface area contributed by atoms with Crippen LogP contribution in [0.2, 0.25) is 5.02 Å². The third-order valence-corrected chi connectivity index (χ3v) is 4.06. The maximum absolute atomic E-state index is 13.0. The summed E-state index contributed by atoms with van der Waals surface area (Å²) in [4.78, 5) is 23.8. The Morgan fingerprint density at radius 1 is 1.20 bits per heavy atom. The third kappa shape index (κ3) is 5.29. The first-order valence-electron chi connectivity index (χ1n) is 7.91. The maximum Gasteiger partial charge on any atom is 0.340 e. The average Bonchev–Trinajstić information content (AvgIpc) is 2.59. The Kier molecular flexibility index (Phi) is 6.53. The lowest BCUT2D eigenvalue weighted by molar-refractivity contribution is -0.124. The Balaban J connectivity index is 1.87. The molecular weight excluding hydrogens is 345 g/mol. The number of halogens is 2. The van der Waals surface area contributed by atoms with Gasteiger partial charge in [-0.1, -0.05) is 42.8 Å². The van der Waals surface area contributed by atoms with Crippen molar-refractivity contribution < 1.29 is 18.7 Å². The van der Waals surface area contributed by atoms with Crippen LogP contribution < -0.4 is 5.32 Å². The molecule has 0 aliphatic rings. The normalized spacial score (nSPS) is 11.7. The predicted octanol–water partition coefficient (Wildman–Crippen LogP) is 4.08. The molecule has 0 bridgehead atoms. The van der Waals surface area contributed by atoms with Crippen LogP contribution >= 0.6 is 11.6 Å². The summed E-state index contributed by atoms with van der Waals surface area (Å²) in [5.74, 6) is -1.76. The van der Waals surface area contributed by atoms with E-state index in [-0.39, 0.29) is 16.6 Å². The second-order valence-electron chi connectivity index (χ2n) is 5.58. The van der Waals surface area contributed by atoms with Crippen molar-refractivity contribution in [3.63, 3.8) is 0 Å². The first-order chi connectivity index (χ1) is 11.9. The topological polar surface area (TPSA) is 55.4 Å². The minimum Gasteiger partial charge on any atom is -0.452 e. The fourth-order valence-electron chi connectivity index (χ4n) is 2.27. The molecular formula is C19H19ClFNO3. The zero-order chi connectivity index (χ0) is 18.4. The summed E-state index contributed by atoms with van der Waals surface area (Å²) < 4.78 is 17.9. The van der Waals surface area contributed by atoms with Crippen LogP contribution in [0.3, 0.4) is 0 Å². The van der Waals surface area contributed by atoms with Crippen LogP contribution in [0.25, 0.3) is 0 Å². The number of nitrogens with one attached hydrogen (secondary N) is 1. The highest BCUT2D eigenvalue weighted by atomic mass is 35.5. The average molecular weight is 364 g/mol. The molecule has 0 aliphatic carbocycles. The first-order valence-corrected chi connectivity index (χ1v) is 8.29. The van der Waals surface area contributed by atoms with Gasteiger partial charge in [0.15, 0.2) is 6.61 Å². The molecule has 0 heterocycles. The summed E-state index contributed by atoms with van der Waals surface area (Å²) in [7, 11) is 0. The molecule has 1 amide bonds. The predicted molar refractivity (Wildman–Crippen MR) is 94.1 cm³/mol. The summed E-state index contributed by atoms with van der Waals surface area (Å²) in [6.07, 6.45) is 0.947. The van der Waals surface area contributed by atoms with E-state index in [1.165, 1.54) is 11.6 Å². The maximum atomic E-state index is 13.0. The molecule has 2 aromatic carbocycles. The van der Waals surface area contributed by atoms with Crippen molar-refractivity contribution in [2.75, 3.05) is 6.61 Å². The molecule has 0 radical (unpaired) electrons. The number of ether oxygens (including phenoxy) is 1. The van der Waals surface area contributed by atoms with E-state index >= 15 is 0 Å².